The van der Waals surface area contributed by atoms with E-state index in [0.717, 1.165) is 57.8 Å². The maximum absolute atomic E-state index is 12.8. The molecule has 0 aromatic carbocycles. The Bertz CT molecular complexity index is 1320. The van der Waals surface area contributed by atoms with Crippen molar-refractivity contribution in [3.8, 4) is 0 Å². The highest BCUT2D eigenvalue weighted by Gasteiger charge is 2.46. The number of carbonyl (C=O) groups excluding carboxylic acids is 2. The van der Waals surface area contributed by atoms with E-state index in [1.165, 1.54) is 122 Å². The zero-order chi connectivity index (χ0) is 46.9. The normalized spacial score (nSPS) is 19.9. The van der Waals surface area contributed by atoms with Crippen LogP contribution in [0.3, 0.4) is 0 Å². The smallest absolute Gasteiger partial charge is 0.306 e. The van der Waals surface area contributed by atoms with Gasteiger partial charge in [0.25, 0.3) is 10.1 Å². The fourth-order valence-electron chi connectivity index (χ4n) is 7.86. The van der Waals surface area contributed by atoms with E-state index in [2.05, 4.69) is 26.0 Å². The van der Waals surface area contributed by atoms with Gasteiger partial charge in [-0.15, -0.1) is 0 Å². The van der Waals surface area contributed by atoms with E-state index in [-0.39, 0.29) is 19.4 Å². The van der Waals surface area contributed by atoms with Crippen LogP contribution in [0.4, 0.5) is 0 Å². The van der Waals surface area contributed by atoms with Crippen molar-refractivity contribution >= 4 is 22.1 Å². The molecule has 1 saturated heterocycles. The van der Waals surface area contributed by atoms with Gasteiger partial charge >= 0.3 is 11.9 Å². The van der Waals surface area contributed by atoms with Crippen LogP contribution >= 0.6 is 0 Å². The van der Waals surface area contributed by atoms with Crippen molar-refractivity contribution in [3.63, 3.8) is 0 Å². The van der Waals surface area contributed by atoms with Crippen molar-refractivity contribution < 1.29 is 56.8 Å². The van der Waals surface area contributed by atoms with Gasteiger partial charge in [0.15, 0.2) is 12.4 Å². The average molecular weight is 929 g/mol. The molecule has 0 radical (unpaired) electrons. The molecule has 13 heteroatoms. The molecule has 0 aromatic rings. The number of rotatable bonds is 43. The molecule has 1 aliphatic heterocycles. The molecule has 1 rings (SSSR count). The minimum atomic E-state index is -4.61. The van der Waals surface area contributed by atoms with Gasteiger partial charge in [0.1, 0.15) is 36.8 Å². The predicted molar refractivity (Wildman–Crippen MR) is 256 cm³/mol. The van der Waals surface area contributed by atoms with Crippen molar-refractivity contribution in [1.29, 1.82) is 0 Å². The van der Waals surface area contributed by atoms with Crippen LogP contribution in [0.25, 0.3) is 0 Å². The van der Waals surface area contributed by atoms with Gasteiger partial charge in [-0.05, 0) is 32.1 Å². The van der Waals surface area contributed by atoms with Crippen molar-refractivity contribution in [2.75, 3.05) is 19.0 Å². The zero-order valence-corrected chi connectivity index (χ0v) is 41.0. The maximum Gasteiger partial charge on any atom is 0.306 e. The van der Waals surface area contributed by atoms with Gasteiger partial charge in [-0.2, -0.15) is 8.42 Å². The van der Waals surface area contributed by atoms with E-state index in [0.29, 0.717) is 12.8 Å². The first-order chi connectivity index (χ1) is 31.0. The van der Waals surface area contributed by atoms with Crippen LogP contribution in [0.2, 0.25) is 0 Å². The maximum atomic E-state index is 12.8. The molecular weight excluding hydrogens is 837 g/mol. The third kappa shape index (κ3) is 35.1. The van der Waals surface area contributed by atoms with Crippen molar-refractivity contribution in [3.05, 3.63) is 36.5 Å². The molecule has 12 nitrogen and oxygen atoms in total. The largest absolute Gasteiger partial charge is 0.462 e. The summed E-state index contributed by atoms with van der Waals surface area (Å²) >= 11 is 0. The number of hydrogen-bond acceptors (Lipinski definition) is 11. The number of aliphatic hydroxyl groups excluding tert-OH is 3. The monoisotopic (exact) mass is 929 g/mol. The topological polar surface area (TPSA) is 186 Å². The molecule has 0 bridgehead atoms. The summed E-state index contributed by atoms with van der Waals surface area (Å²) in [6.07, 6.45) is 39.2. The summed E-state index contributed by atoms with van der Waals surface area (Å²) in [5.41, 5.74) is 0. The number of unbranched alkanes of at least 4 members (excludes halogenated alkanes) is 27. The van der Waals surface area contributed by atoms with Crippen molar-refractivity contribution in [2.45, 2.75) is 256 Å². The summed E-state index contributed by atoms with van der Waals surface area (Å²) in [6, 6.07) is 0. The first-order valence-electron chi connectivity index (χ1n) is 25.6. The van der Waals surface area contributed by atoms with Gasteiger partial charge in [0, 0.05) is 12.8 Å². The Hall–Kier alpha value is -2.13. The number of allylic oxidation sites excluding steroid dienone is 6. The molecule has 0 saturated carbocycles. The quantitative estimate of drug-likeness (QED) is 0.0196. The van der Waals surface area contributed by atoms with Crippen LogP contribution < -0.4 is 0 Å². The zero-order valence-electron chi connectivity index (χ0n) is 40.1. The molecule has 1 aliphatic rings. The molecule has 0 amide bonds. The number of hydrogen-bond donors (Lipinski definition) is 4. The van der Waals surface area contributed by atoms with Gasteiger partial charge in [-0.25, -0.2) is 0 Å². The highest BCUT2D eigenvalue weighted by Crippen LogP contribution is 2.24. The van der Waals surface area contributed by atoms with Gasteiger partial charge in [0.05, 0.1) is 6.61 Å². The lowest BCUT2D eigenvalue weighted by atomic mass is 10.00. The summed E-state index contributed by atoms with van der Waals surface area (Å²) < 4.78 is 54.1. The van der Waals surface area contributed by atoms with Crippen LogP contribution in [0.1, 0.15) is 219 Å². The van der Waals surface area contributed by atoms with E-state index in [1.807, 2.05) is 24.3 Å². The molecule has 64 heavy (non-hydrogen) atoms. The molecule has 1 fully saturated rings. The summed E-state index contributed by atoms with van der Waals surface area (Å²) in [5, 5.41) is 30.9. The Labute approximate surface area is 389 Å². The van der Waals surface area contributed by atoms with Gasteiger partial charge in [0.2, 0.25) is 0 Å². The van der Waals surface area contributed by atoms with E-state index < -0.39 is 71.2 Å². The average Bonchev–Trinajstić information content (AvgIpc) is 3.26. The molecule has 6 atom stereocenters. The van der Waals surface area contributed by atoms with Gasteiger partial charge in [-0.3, -0.25) is 14.1 Å². The van der Waals surface area contributed by atoms with E-state index in [4.69, 9.17) is 18.9 Å². The van der Waals surface area contributed by atoms with E-state index in [9.17, 15) is 37.9 Å². The second kappa shape index (κ2) is 41.1. The lowest BCUT2D eigenvalue weighted by Crippen LogP contribution is -2.60. The van der Waals surface area contributed by atoms with Crippen molar-refractivity contribution in [2.24, 2.45) is 0 Å². The summed E-state index contributed by atoms with van der Waals surface area (Å²) in [6.45, 7) is 3.64. The Morgan fingerprint density at radius 2 is 0.984 bits per heavy atom. The minimum Gasteiger partial charge on any atom is -0.462 e. The Morgan fingerprint density at radius 1 is 0.547 bits per heavy atom. The van der Waals surface area contributed by atoms with E-state index in [1.54, 1.807) is 0 Å². The highest BCUT2D eigenvalue weighted by atomic mass is 32.2. The molecule has 374 valence electrons. The van der Waals surface area contributed by atoms with Crippen LogP contribution in [0, 0.1) is 0 Å². The Morgan fingerprint density at radius 3 is 1.45 bits per heavy atom. The Balaban J connectivity index is 2.32. The predicted octanol–water partition coefficient (Wildman–Crippen LogP) is 11.3. The summed E-state index contributed by atoms with van der Waals surface area (Å²) in [4.78, 5) is 25.5. The molecule has 0 spiro atoms. The molecule has 3 unspecified atom stereocenters. The third-order valence-corrected chi connectivity index (χ3v) is 12.5. The second-order valence-corrected chi connectivity index (χ2v) is 19.4. The highest BCUT2D eigenvalue weighted by molar-refractivity contribution is 7.85. The lowest BCUT2D eigenvalue weighted by molar-refractivity contribution is -0.297. The SMILES string of the molecule is CC/C=C/C=C/C=C/CCCCCCCC(=O)OC(COC(=O)CCCCCCCCCCCCCCCCCCCCCCCCC)CO[C@H]1O[C@H](CS(=O)(=O)O)[C@@H](O)C(O)C1O. The number of esters is 2. The van der Waals surface area contributed by atoms with Crippen LogP contribution in [0.15, 0.2) is 36.5 Å². The van der Waals surface area contributed by atoms with Crippen LogP contribution in [-0.4, -0.2) is 96.0 Å². The molecule has 0 aliphatic carbocycles. The van der Waals surface area contributed by atoms with Gasteiger partial charge < -0.3 is 34.3 Å². The molecule has 4 N–H and O–H groups in total. The molecule has 1 heterocycles. The summed E-state index contributed by atoms with van der Waals surface area (Å²) in [5.74, 6) is -2.00. The number of carbonyl (C=O) groups is 2. The summed E-state index contributed by atoms with van der Waals surface area (Å²) in [7, 11) is -4.61. The van der Waals surface area contributed by atoms with E-state index >= 15 is 0 Å². The standard InChI is InChI=1S/C51H92O12S/c1-3-5-7-9-11-13-15-17-18-19-20-21-22-23-24-25-26-28-29-31-33-35-37-39-46(52)60-41-44(42-61-51-50(56)49(55)48(54)45(63-51)43-64(57,58)59)62-47(53)40-38-36-34-32-30-27-16-14-12-10-8-6-4-2/h6,8,10,12,14,16,44-45,48-51,54-56H,3-5,7,9,11,13,15,17-43H2,1-2H3,(H,57,58,59)/b8-6+,12-10+,16-14+/t44?,45-,48-,49?,50?,51+/m1/s1. The fraction of sp³-hybridized carbons (Fsp3) is 0.843. The van der Waals surface area contributed by atoms with Crippen molar-refractivity contribution in [1.82, 2.24) is 0 Å². The molecular formula is C51H92O12S. The fourth-order valence-corrected chi connectivity index (χ4v) is 8.55. The lowest BCUT2D eigenvalue weighted by Gasteiger charge is -2.40. The Kier molecular flexibility index (Phi) is 38.4. The van der Waals surface area contributed by atoms with Crippen LogP contribution in [-0.2, 0) is 38.7 Å². The third-order valence-electron chi connectivity index (χ3n) is 11.8. The number of ether oxygens (including phenoxy) is 4. The number of aliphatic hydroxyl groups is 3. The first-order valence-corrected chi connectivity index (χ1v) is 27.2. The first kappa shape index (κ1) is 59.9. The van der Waals surface area contributed by atoms with Gasteiger partial charge in [-0.1, -0.05) is 211 Å². The van der Waals surface area contributed by atoms with Crippen LogP contribution in [0.5, 0.6) is 0 Å². The second-order valence-electron chi connectivity index (χ2n) is 17.9. The molecule has 0 aromatic heterocycles. The minimum absolute atomic E-state index is 0.143.